The van der Waals surface area contributed by atoms with Gasteiger partial charge < -0.3 is 9.47 Å². The van der Waals surface area contributed by atoms with Crippen molar-refractivity contribution in [3.63, 3.8) is 0 Å². The summed E-state index contributed by atoms with van der Waals surface area (Å²) in [5.74, 6) is 0.0209. The molecule has 0 amide bonds. The molecule has 0 fully saturated rings. The number of carbonyl (C=O) groups is 1. The minimum atomic E-state index is -3.88. The van der Waals surface area contributed by atoms with Crippen molar-refractivity contribution in [1.82, 2.24) is 4.31 Å². The summed E-state index contributed by atoms with van der Waals surface area (Å²) in [7, 11) is -1.10. The van der Waals surface area contributed by atoms with Crippen LogP contribution in [0.2, 0.25) is 0 Å². The molecular weight excluding hydrogens is 356 g/mol. The van der Waals surface area contributed by atoms with Crippen molar-refractivity contribution < 1.29 is 22.7 Å². The number of esters is 1. The monoisotopic (exact) mass is 374 g/mol. The molecule has 0 N–H and O–H groups in total. The zero-order valence-corrected chi connectivity index (χ0v) is 15.1. The first kappa shape index (κ1) is 17.9. The van der Waals surface area contributed by atoms with E-state index in [4.69, 9.17) is 9.47 Å². The lowest BCUT2D eigenvalue weighted by molar-refractivity contribution is -0.142. The van der Waals surface area contributed by atoms with Crippen LogP contribution in [0, 0.1) is 0 Å². The number of nitrogens with zero attached hydrogens (tertiary/aromatic N) is 2. The maximum absolute atomic E-state index is 13.1. The number of rotatable bonds is 5. The fourth-order valence-corrected chi connectivity index (χ4v) is 4.26. The predicted octanol–water partition coefficient (Wildman–Crippen LogP) is 2.01. The molecule has 0 unspecified atom stereocenters. The van der Waals surface area contributed by atoms with E-state index in [2.05, 4.69) is 4.99 Å². The Kier molecular flexibility index (Phi) is 4.94. The molecule has 0 spiro atoms. The highest BCUT2D eigenvalue weighted by atomic mass is 32.2. The van der Waals surface area contributed by atoms with Gasteiger partial charge in [-0.15, -0.1) is 0 Å². The summed E-state index contributed by atoms with van der Waals surface area (Å²) >= 11 is 0. The zero-order chi connectivity index (χ0) is 18.7. The van der Waals surface area contributed by atoms with E-state index in [1.165, 1.54) is 32.7 Å². The van der Waals surface area contributed by atoms with Gasteiger partial charge >= 0.3 is 5.97 Å². The first-order valence-corrected chi connectivity index (χ1v) is 9.26. The van der Waals surface area contributed by atoms with Gasteiger partial charge in [-0.1, -0.05) is 30.3 Å². The first-order chi connectivity index (χ1) is 12.5. The summed E-state index contributed by atoms with van der Waals surface area (Å²) in [6, 6.07) is 13.0. The van der Waals surface area contributed by atoms with Crippen LogP contribution in [0.25, 0.3) is 0 Å². The van der Waals surface area contributed by atoms with E-state index >= 15 is 0 Å². The van der Waals surface area contributed by atoms with Gasteiger partial charge in [-0.05, 0) is 29.8 Å². The van der Waals surface area contributed by atoms with Gasteiger partial charge in [-0.2, -0.15) is 0 Å². The third kappa shape index (κ3) is 3.15. The number of methoxy groups -OCH3 is 2. The van der Waals surface area contributed by atoms with Crippen molar-refractivity contribution >= 4 is 22.3 Å². The summed E-state index contributed by atoms with van der Waals surface area (Å²) < 4.78 is 37.1. The van der Waals surface area contributed by atoms with Crippen molar-refractivity contribution in [3.05, 3.63) is 60.2 Å². The average Bonchev–Trinajstić information content (AvgIpc) is 3.14. The Bertz CT molecular complexity index is 910. The molecule has 1 aliphatic heterocycles. The largest absolute Gasteiger partial charge is 0.497 e. The summed E-state index contributed by atoms with van der Waals surface area (Å²) in [6.45, 7) is 0. The van der Waals surface area contributed by atoms with Crippen LogP contribution < -0.4 is 4.74 Å². The molecule has 1 heterocycles. The highest BCUT2D eigenvalue weighted by Gasteiger charge is 2.43. The van der Waals surface area contributed by atoms with E-state index in [0.29, 0.717) is 11.3 Å². The van der Waals surface area contributed by atoms with Crippen molar-refractivity contribution in [2.24, 2.45) is 4.99 Å². The van der Waals surface area contributed by atoms with Crippen molar-refractivity contribution in [1.29, 1.82) is 0 Å². The molecule has 0 radical (unpaired) electrons. The molecule has 0 aliphatic carbocycles. The molecule has 0 saturated heterocycles. The molecule has 8 heteroatoms. The zero-order valence-electron chi connectivity index (χ0n) is 14.3. The molecule has 2 aromatic carbocycles. The Labute approximate surface area is 151 Å². The summed E-state index contributed by atoms with van der Waals surface area (Å²) in [5, 5.41) is 0. The molecule has 0 saturated carbocycles. The van der Waals surface area contributed by atoms with Crippen LogP contribution in [0.3, 0.4) is 0 Å². The van der Waals surface area contributed by atoms with Gasteiger partial charge in [-0.3, -0.25) is 4.99 Å². The Hall–Kier alpha value is -2.87. The first-order valence-electron chi connectivity index (χ1n) is 7.82. The maximum Gasteiger partial charge on any atom is 0.333 e. The Balaban J connectivity index is 2.05. The maximum atomic E-state index is 13.1. The molecule has 0 bridgehead atoms. The molecule has 0 aromatic heterocycles. The third-order valence-electron chi connectivity index (χ3n) is 4.13. The van der Waals surface area contributed by atoms with E-state index in [0.717, 1.165) is 4.31 Å². The molecule has 1 aliphatic rings. The van der Waals surface area contributed by atoms with Gasteiger partial charge in [0.25, 0.3) is 10.0 Å². The highest BCUT2D eigenvalue weighted by Crippen LogP contribution is 2.35. The third-order valence-corrected chi connectivity index (χ3v) is 5.88. The minimum absolute atomic E-state index is 0.121. The van der Waals surface area contributed by atoms with Gasteiger partial charge in [0.15, 0.2) is 6.04 Å². The highest BCUT2D eigenvalue weighted by molar-refractivity contribution is 7.89. The van der Waals surface area contributed by atoms with Crippen LogP contribution in [-0.2, 0) is 19.6 Å². The van der Waals surface area contributed by atoms with Crippen LogP contribution in [0.1, 0.15) is 11.6 Å². The molecule has 136 valence electrons. The number of carbonyl (C=O) groups excluding carboxylic acids is 1. The second kappa shape index (κ2) is 7.17. The number of benzene rings is 2. The van der Waals surface area contributed by atoms with Crippen LogP contribution in [-0.4, -0.2) is 45.3 Å². The second-order valence-electron chi connectivity index (χ2n) is 5.60. The van der Waals surface area contributed by atoms with Crippen LogP contribution >= 0.6 is 0 Å². The van der Waals surface area contributed by atoms with Crippen molar-refractivity contribution in [2.45, 2.75) is 17.0 Å². The number of hydrogen-bond donors (Lipinski definition) is 0. The van der Waals surface area contributed by atoms with E-state index in [1.807, 2.05) is 0 Å². The van der Waals surface area contributed by atoms with Gasteiger partial charge in [-0.25, -0.2) is 17.5 Å². The van der Waals surface area contributed by atoms with Crippen LogP contribution in [0.4, 0.5) is 0 Å². The molecule has 3 rings (SSSR count). The summed E-state index contributed by atoms with van der Waals surface area (Å²) in [6.07, 6.45) is 1.18. The van der Waals surface area contributed by atoms with Gasteiger partial charge in [0, 0.05) is 0 Å². The standard InChI is InChI=1S/C18H18N2O5S/c1-24-14-10-8-13(9-11-14)17-16(18(21)25-2)19-12-20(17)26(22,23)15-6-4-3-5-7-15/h3-12,16-17H,1-2H3/t16-,17+/m1/s1. The molecule has 2 atom stereocenters. The van der Waals surface area contributed by atoms with Crippen LogP contribution in [0.5, 0.6) is 5.75 Å². The summed E-state index contributed by atoms with van der Waals surface area (Å²) in [5.41, 5.74) is 0.609. The second-order valence-corrected chi connectivity index (χ2v) is 7.44. The molecule has 7 nitrogen and oxygen atoms in total. The number of aliphatic imine (C=N–C) groups is 1. The lowest BCUT2D eigenvalue weighted by Gasteiger charge is -2.27. The van der Waals surface area contributed by atoms with Crippen molar-refractivity contribution in [3.8, 4) is 5.75 Å². The topological polar surface area (TPSA) is 85.3 Å². The van der Waals surface area contributed by atoms with Crippen molar-refractivity contribution in [2.75, 3.05) is 14.2 Å². The molecular formula is C18H18N2O5S. The van der Waals surface area contributed by atoms with Gasteiger partial charge in [0.2, 0.25) is 0 Å². The van der Waals surface area contributed by atoms with E-state index in [-0.39, 0.29) is 4.90 Å². The van der Waals surface area contributed by atoms with E-state index in [9.17, 15) is 13.2 Å². The molecule has 2 aromatic rings. The van der Waals surface area contributed by atoms with Gasteiger partial charge in [0.05, 0.1) is 19.1 Å². The molecule has 26 heavy (non-hydrogen) atoms. The predicted molar refractivity (Wildman–Crippen MR) is 95.5 cm³/mol. The summed E-state index contributed by atoms with van der Waals surface area (Å²) in [4.78, 5) is 16.4. The Morgan fingerprint density at radius 1 is 1.04 bits per heavy atom. The fraction of sp³-hybridized carbons (Fsp3) is 0.222. The van der Waals surface area contributed by atoms with Crippen LogP contribution in [0.15, 0.2) is 64.5 Å². The lowest BCUT2D eigenvalue weighted by atomic mass is 10.0. The number of hydrogen-bond acceptors (Lipinski definition) is 6. The van der Waals surface area contributed by atoms with E-state index < -0.39 is 28.1 Å². The average molecular weight is 374 g/mol. The number of ether oxygens (including phenoxy) is 2. The lowest BCUT2D eigenvalue weighted by Crippen LogP contribution is -2.37. The smallest absolute Gasteiger partial charge is 0.333 e. The minimum Gasteiger partial charge on any atom is -0.497 e. The quantitative estimate of drug-likeness (QED) is 0.748. The van der Waals surface area contributed by atoms with Gasteiger partial charge in [0.1, 0.15) is 18.1 Å². The SMILES string of the molecule is COC(=O)[C@@H]1N=CN(S(=O)(=O)c2ccccc2)[C@H]1c1ccc(OC)cc1. The number of sulfonamides is 1. The Morgan fingerprint density at radius 2 is 1.69 bits per heavy atom. The normalized spacial score (nSPS) is 19.4. The van der Waals surface area contributed by atoms with E-state index in [1.54, 1.807) is 42.5 Å². The fourth-order valence-electron chi connectivity index (χ4n) is 2.80. The Morgan fingerprint density at radius 3 is 2.27 bits per heavy atom.